The third-order valence-corrected chi connectivity index (χ3v) is 1.41. The van der Waals surface area contributed by atoms with Gasteiger partial charge in [-0.3, -0.25) is 0 Å². The van der Waals surface area contributed by atoms with E-state index in [1.807, 2.05) is 0 Å². The number of halogens is 1. The molecule has 2 radical (unpaired) electrons. The van der Waals surface area contributed by atoms with Crippen molar-refractivity contribution < 1.29 is 4.39 Å². The Morgan fingerprint density at radius 1 is 1.50 bits per heavy atom. The molecule has 0 aliphatic heterocycles. The summed E-state index contributed by atoms with van der Waals surface area (Å²) in [6.07, 6.45) is 0. The van der Waals surface area contributed by atoms with Crippen molar-refractivity contribution in [2.45, 2.75) is 6.92 Å². The molecule has 3 heteroatoms. The van der Waals surface area contributed by atoms with Gasteiger partial charge in [0.1, 0.15) is 13.7 Å². The van der Waals surface area contributed by atoms with E-state index in [-0.39, 0.29) is 5.46 Å². The summed E-state index contributed by atoms with van der Waals surface area (Å²) in [5.74, 6) is -0.417. The average Bonchev–Trinajstić information content (AvgIpc) is 1.93. The molecule has 0 heterocycles. The average molecular weight is 135 g/mol. The zero-order chi connectivity index (χ0) is 7.72. The van der Waals surface area contributed by atoms with Crippen LogP contribution < -0.4 is 11.2 Å². The number of rotatable bonds is 0. The van der Waals surface area contributed by atoms with Gasteiger partial charge in [0.25, 0.3) is 0 Å². The largest absolute Gasteiger partial charge is 0.399 e. The standard InChI is InChI=1S/C7H7BFN/c1-4-2-3-5(10)6(8)7(4)9/h2-3H,10H2,1H3. The van der Waals surface area contributed by atoms with Gasteiger partial charge in [0.2, 0.25) is 0 Å². The lowest BCUT2D eigenvalue weighted by Crippen LogP contribution is -2.15. The monoisotopic (exact) mass is 135 g/mol. The van der Waals surface area contributed by atoms with E-state index in [2.05, 4.69) is 0 Å². The lowest BCUT2D eigenvalue weighted by atomic mass is 9.92. The Hall–Kier alpha value is -0.985. The molecular weight excluding hydrogens is 128 g/mol. The topological polar surface area (TPSA) is 26.0 Å². The van der Waals surface area contributed by atoms with E-state index >= 15 is 0 Å². The summed E-state index contributed by atoms with van der Waals surface area (Å²) in [6.45, 7) is 1.64. The van der Waals surface area contributed by atoms with Gasteiger partial charge in [-0.15, -0.1) is 0 Å². The highest BCUT2D eigenvalue weighted by Crippen LogP contribution is 2.05. The molecule has 0 unspecified atom stereocenters. The van der Waals surface area contributed by atoms with Crippen molar-refractivity contribution in [2.75, 3.05) is 5.73 Å². The molecule has 0 spiro atoms. The normalized spacial score (nSPS) is 9.80. The minimum Gasteiger partial charge on any atom is -0.399 e. The van der Waals surface area contributed by atoms with Gasteiger partial charge < -0.3 is 5.73 Å². The van der Waals surface area contributed by atoms with Crippen molar-refractivity contribution in [2.24, 2.45) is 0 Å². The van der Waals surface area contributed by atoms with Crippen LogP contribution in [0.25, 0.3) is 0 Å². The maximum atomic E-state index is 12.8. The summed E-state index contributed by atoms with van der Waals surface area (Å²) in [5.41, 5.74) is 6.18. The van der Waals surface area contributed by atoms with Crippen LogP contribution in [0, 0.1) is 12.7 Å². The summed E-state index contributed by atoms with van der Waals surface area (Å²) >= 11 is 0. The van der Waals surface area contributed by atoms with Crippen LogP contribution in [0.1, 0.15) is 5.56 Å². The van der Waals surface area contributed by atoms with Gasteiger partial charge in [-0.2, -0.15) is 0 Å². The predicted molar refractivity (Wildman–Crippen MR) is 40.9 cm³/mol. The van der Waals surface area contributed by atoms with Gasteiger partial charge in [0.05, 0.1) is 0 Å². The SMILES string of the molecule is [B]c1c(N)ccc(C)c1F. The van der Waals surface area contributed by atoms with E-state index in [0.717, 1.165) is 0 Å². The fraction of sp³-hybridized carbons (Fsp3) is 0.143. The van der Waals surface area contributed by atoms with Crippen molar-refractivity contribution in [3.63, 3.8) is 0 Å². The van der Waals surface area contributed by atoms with Crippen LogP contribution in [0.15, 0.2) is 12.1 Å². The number of aryl methyl sites for hydroxylation is 1. The van der Waals surface area contributed by atoms with Crippen molar-refractivity contribution in [3.05, 3.63) is 23.5 Å². The summed E-state index contributed by atoms with van der Waals surface area (Å²) < 4.78 is 12.8. The summed E-state index contributed by atoms with van der Waals surface area (Å²) in [6, 6.07) is 3.19. The fourth-order valence-electron chi connectivity index (χ4n) is 0.717. The van der Waals surface area contributed by atoms with Crippen LogP contribution in [-0.4, -0.2) is 7.85 Å². The molecule has 0 saturated heterocycles. The summed E-state index contributed by atoms with van der Waals surface area (Å²) in [7, 11) is 5.28. The van der Waals surface area contributed by atoms with Crippen molar-refractivity contribution in [1.29, 1.82) is 0 Å². The lowest BCUT2D eigenvalue weighted by Gasteiger charge is -2.03. The van der Waals surface area contributed by atoms with Crippen LogP contribution in [-0.2, 0) is 0 Å². The van der Waals surface area contributed by atoms with Crippen molar-refractivity contribution >= 4 is 19.0 Å². The molecule has 1 aromatic carbocycles. The summed E-state index contributed by atoms with van der Waals surface area (Å²) in [4.78, 5) is 0. The van der Waals surface area contributed by atoms with Crippen molar-refractivity contribution in [3.8, 4) is 0 Å². The lowest BCUT2D eigenvalue weighted by molar-refractivity contribution is 0.627. The zero-order valence-corrected chi connectivity index (χ0v) is 5.69. The first-order valence-corrected chi connectivity index (χ1v) is 2.93. The van der Waals surface area contributed by atoms with Gasteiger partial charge in [-0.1, -0.05) is 6.07 Å². The summed E-state index contributed by atoms with van der Waals surface area (Å²) in [5, 5.41) is 0. The number of nitrogens with two attached hydrogens (primary N) is 1. The highest BCUT2D eigenvalue weighted by Gasteiger charge is 2.01. The first-order chi connectivity index (χ1) is 4.63. The quantitative estimate of drug-likeness (QED) is 0.407. The van der Waals surface area contributed by atoms with Crippen LogP contribution in [0.4, 0.5) is 10.1 Å². The molecule has 0 fully saturated rings. The van der Waals surface area contributed by atoms with Crippen LogP contribution in [0.3, 0.4) is 0 Å². The van der Waals surface area contributed by atoms with E-state index in [4.69, 9.17) is 13.6 Å². The minimum absolute atomic E-state index is 0.0417. The predicted octanol–water partition coefficient (Wildman–Crippen LogP) is 0.510. The number of benzene rings is 1. The maximum absolute atomic E-state index is 12.8. The molecule has 0 aliphatic carbocycles. The fourth-order valence-corrected chi connectivity index (χ4v) is 0.717. The molecule has 1 rings (SSSR count). The molecule has 0 aromatic heterocycles. The molecule has 0 aliphatic rings. The molecule has 50 valence electrons. The number of hydrogen-bond donors (Lipinski definition) is 1. The smallest absolute Gasteiger partial charge is 0.121 e. The Kier molecular flexibility index (Phi) is 1.66. The second-order valence-corrected chi connectivity index (χ2v) is 2.20. The molecular formula is C7H7BFN. The molecule has 1 aromatic rings. The first-order valence-electron chi connectivity index (χ1n) is 2.93. The van der Waals surface area contributed by atoms with Gasteiger partial charge in [0.15, 0.2) is 0 Å². The number of nitrogen functional groups attached to an aromatic ring is 1. The van der Waals surface area contributed by atoms with E-state index in [9.17, 15) is 4.39 Å². The minimum atomic E-state index is -0.417. The van der Waals surface area contributed by atoms with Crippen molar-refractivity contribution in [1.82, 2.24) is 0 Å². The highest BCUT2D eigenvalue weighted by atomic mass is 19.1. The van der Waals surface area contributed by atoms with Crippen LogP contribution >= 0.6 is 0 Å². The van der Waals surface area contributed by atoms with E-state index < -0.39 is 5.82 Å². The van der Waals surface area contributed by atoms with E-state index in [1.54, 1.807) is 19.1 Å². The molecule has 0 bridgehead atoms. The second kappa shape index (κ2) is 2.33. The van der Waals surface area contributed by atoms with Gasteiger partial charge in [-0.25, -0.2) is 4.39 Å². The van der Waals surface area contributed by atoms with E-state index in [1.165, 1.54) is 0 Å². The van der Waals surface area contributed by atoms with Crippen LogP contribution in [0.5, 0.6) is 0 Å². The van der Waals surface area contributed by atoms with Crippen LogP contribution in [0.2, 0.25) is 0 Å². The Morgan fingerprint density at radius 3 is 2.60 bits per heavy atom. The number of anilines is 1. The highest BCUT2D eigenvalue weighted by molar-refractivity contribution is 6.35. The number of hydrogen-bond acceptors (Lipinski definition) is 1. The van der Waals surface area contributed by atoms with Gasteiger partial charge in [-0.05, 0) is 24.0 Å². The van der Waals surface area contributed by atoms with E-state index in [0.29, 0.717) is 11.3 Å². The third-order valence-electron chi connectivity index (χ3n) is 1.41. The Bertz CT molecular complexity index is 233. The Labute approximate surface area is 60.5 Å². The van der Waals surface area contributed by atoms with Gasteiger partial charge in [0, 0.05) is 5.69 Å². The zero-order valence-electron chi connectivity index (χ0n) is 5.69. The molecule has 1 nitrogen and oxygen atoms in total. The third kappa shape index (κ3) is 0.990. The molecule has 0 saturated carbocycles. The second-order valence-electron chi connectivity index (χ2n) is 2.20. The Morgan fingerprint density at radius 2 is 2.10 bits per heavy atom. The van der Waals surface area contributed by atoms with Gasteiger partial charge >= 0.3 is 0 Å². The molecule has 10 heavy (non-hydrogen) atoms. The molecule has 0 amide bonds. The molecule has 0 atom stereocenters. The Balaban J connectivity index is 3.34. The molecule has 2 N–H and O–H groups in total. The first kappa shape index (κ1) is 7.13. The maximum Gasteiger partial charge on any atom is 0.121 e.